The highest BCUT2D eigenvalue weighted by molar-refractivity contribution is 6.05. The molecule has 0 saturated carbocycles. The Morgan fingerprint density at radius 2 is 1.63 bits per heavy atom. The van der Waals surface area contributed by atoms with Crippen molar-refractivity contribution in [2.45, 2.75) is 17.7 Å². The summed E-state index contributed by atoms with van der Waals surface area (Å²) in [5.74, 6) is -0.490. The Balaban J connectivity index is 1.69. The van der Waals surface area contributed by atoms with Crippen LogP contribution in [0.1, 0.15) is 11.6 Å². The largest absolute Gasteiger partial charge is 0.497 e. The number of fused-ring (bicyclic) bond motifs is 3. The molecule has 0 fully saturated rings. The summed E-state index contributed by atoms with van der Waals surface area (Å²) in [7, 11) is 4.20. The van der Waals surface area contributed by atoms with Gasteiger partial charge >= 0.3 is 11.9 Å². The Hall–Kier alpha value is -4.10. The second kappa shape index (κ2) is 8.92. The topological polar surface area (TPSA) is 83.1 Å². The summed E-state index contributed by atoms with van der Waals surface area (Å²) in [6, 6.07) is 20.9. The maximum atomic E-state index is 13.1. The van der Waals surface area contributed by atoms with Gasteiger partial charge in [-0.2, -0.15) is 0 Å². The van der Waals surface area contributed by atoms with E-state index in [2.05, 4.69) is 5.32 Å². The summed E-state index contributed by atoms with van der Waals surface area (Å²) in [5.41, 5.74) is 0.717. The highest BCUT2D eigenvalue weighted by Gasteiger charge is 2.58. The third-order valence-electron chi connectivity index (χ3n) is 6.50. The van der Waals surface area contributed by atoms with Crippen molar-refractivity contribution in [1.82, 2.24) is 0 Å². The van der Waals surface area contributed by atoms with Gasteiger partial charge in [0.1, 0.15) is 17.5 Å². The van der Waals surface area contributed by atoms with Gasteiger partial charge in [-0.15, -0.1) is 0 Å². The molecule has 0 saturated heterocycles. The number of methoxy groups -OCH3 is 3. The van der Waals surface area contributed by atoms with Gasteiger partial charge in [-0.3, -0.25) is 0 Å². The Morgan fingerprint density at radius 3 is 2.34 bits per heavy atom. The number of ether oxygens (including phenoxy) is 4. The van der Waals surface area contributed by atoms with Crippen molar-refractivity contribution < 1.29 is 28.5 Å². The monoisotopic (exact) mass is 471 g/mol. The average Bonchev–Trinajstić information content (AvgIpc) is 3.48. The number of anilines is 1. The van der Waals surface area contributed by atoms with E-state index in [9.17, 15) is 9.59 Å². The number of hydrogen-bond donors (Lipinski definition) is 1. The first kappa shape index (κ1) is 22.7. The number of esters is 2. The lowest BCUT2D eigenvalue weighted by Gasteiger charge is -2.36. The van der Waals surface area contributed by atoms with E-state index in [0.29, 0.717) is 0 Å². The SMILES string of the molecule is COC(=O)C1=C(C(=O)OC)C2(C(Nc3ccccc3)c3ccc4cc(OC)ccc4c3)C=CC1O2. The van der Waals surface area contributed by atoms with Gasteiger partial charge < -0.3 is 24.3 Å². The molecule has 3 aromatic carbocycles. The van der Waals surface area contributed by atoms with Crippen LogP contribution in [0.2, 0.25) is 0 Å². The molecule has 3 aromatic rings. The smallest absolute Gasteiger partial charge is 0.337 e. The Morgan fingerprint density at radius 1 is 0.914 bits per heavy atom. The van der Waals surface area contributed by atoms with E-state index >= 15 is 0 Å². The minimum Gasteiger partial charge on any atom is -0.497 e. The normalized spacial score (nSPS) is 21.2. The third-order valence-corrected chi connectivity index (χ3v) is 6.50. The summed E-state index contributed by atoms with van der Waals surface area (Å²) in [6.45, 7) is 0. The predicted molar refractivity (Wildman–Crippen MR) is 131 cm³/mol. The van der Waals surface area contributed by atoms with Gasteiger partial charge in [-0.05, 0) is 52.7 Å². The lowest BCUT2D eigenvalue weighted by molar-refractivity contribution is -0.139. The van der Waals surface area contributed by atoms with Crippen LogP contribution in [-0.2, 0) is 23.8 Å². The molecule has 0 spiro atoms. The molecule has 2 heterocycles. The highest BCUT2D eigenvalue weighted by atomic mass is 16.6. The number of carbonyl (C=O) groups is 2. The van der Waals surface area contributed by atoms with Crippen LogP contribution in [-0.4, -0.2) is 45.0 Å². The van der Waals surface area contributed by atoms with Crippen LogP contribution in [0.4, 0.5) is 5.69 Å². The molecule has 1 N–H and O–H groups in total. The van der Waals surface area contributed by atoms with Gasteiger partial charge in [-0.25, -0.2) is 9.59 Å². The van der Waals surface area contributed by atoms with Crippen LogP contribution < -0.4 is 10.1 Å². The number of nitrogens with one attached hydrogen (secondary N) is 1. The molecule has 7 nitrogen and oxygen atoms in total. The predicted octanol–water partition coefficient (Wildman–Crippen LogP) is 4.35. The van der Waals surface area contributed by atoms with E-state index in [1.165, 1.54) is 14.2 Å². The number of carbonyl (C=O) groups excluding carboxylic acids is 2. The van der Waals surface area contributed by atoms with Crippen LogP contribution in [0.15, 0.2) is 90.0 Å². The van der Waals surface area contributed by atoms with Gasteiger partial charge in [-0.1, -0.05) is 42.5 Å². The molecule has 0 aromatic heterocycles. The van der Waals surface area contributed by atoms with E-state index in [1.54, 1.807) is 13.2 Å². The Bertz CT molecular complexity index is 1360. The Labute approximate surface area is 202 Å². The molecule has 178 valence electrons. The second-order valence-corrected chi connectivity index (χ2v) is 8.38. The minimum absolute atomic E-state index is 0.141. The van der Waals surface area contributed by atoms with Crippen LogP contribution in [0.5, 0.6) is 5.75 Å². The zero-order valence-corrected chi connectivity index (χ0v) is 19.6. The van der Waals surface area contributed by atoms with Gasteiger partial charge in [0.05, 0.1) is 38.5 Å². The van der Waals surface area contributed by atoms with Crippen molar-refractivity contribution in [2.75, 3.05) is 26.6 Å². The standard InChI is InChI=1S/C28H25NO6/c1-32-21-12-11-17-15-19(10-9-18(17)16-21)25(29-20-7-5-4-6-8-20)28-14-13-22(35-28)23(26(30)33-2)24(28)27(31)34-3/h4-16,22,25,29H,1-3H3. The molecule has 7 heteroatoms. The first-order valence-electron chi connectivity index (χ1n) is 11.2. The molecule has 5 rings (SSSR count). The molecule has 2 bridgehead atoms. The fraction of sp³-hybridized carbons (Fsp3) is 0.214. The molecular formula is C28H25NO6. The van der Waals surface area contributed by atoms with Gasteiger partial charge in [0.25, 0.3) is 0 Å². The lowest BCUT2D eigenvalue weighted by Crippen LogP contribution is -2.42. The number of para-hydroxylation sites is 1. The second-order valence-electron chi connectivity index (χ2n) is 8.38. The fourth-order valence-electron chi connectivity index (χ4n) is 4.87. The molecule has 0 amide bonds. The van der Waals surface area contributed by atoms with Gasteiger partial charge in [0.2, 0.25) is 0 Å². The van der Waals surface area contributed by atoms with E-state index in [1.807, 2.05) is 72.8 Å². The van der Waals surface area contributed by atoms with Crippen molar-refractivity contribution in [3.63, 3.8) is 0 Å². The Kier molecular flexibility index (Phi) is 5.78. The molecule has 0 radical (unpaired) electrons. The maximum Gasteiger partial charge on any atom is 0.337 e. The van der Waals surface area contributed by atoms with Crippen LogP contribution in [0.3, 0.4) is 0 Å². The zero-order valence-electron chi connectivity index (χ0n) is 19.6. The van der Waals surface area contributed by atoms with Crippen molar-refractivity contribution in [1.29, 1.82) is 0 Å². The molecule has 0 aliphatic carbocycles. The quantitative estimate of drug-likeness (QED) is 0.405. The maximum absolute atomic E-state index is 13.1. The van der Waals surface area contributed by atoms with Gasteiger partial charge in [0.15, 0.2) is 0 Å². The lowest BCUT2D eigenvalue weighted by atomic mass is 9.78. The first-order valence-corrected chi connectivity index (χ1v) is 11.2. The third kappa shape index (κ3) is 3.74. The summed E-state index contributed by atoms with van der Waals surface area (Å²) < 4.78 is 21.9. The average molecular weight is 472 g/mol. The molecule has 3 atom stereocenters. The van der Waals surface area contributed by atoms with E-state index in [0.717, 1.165) is 27.8 Å². The fourth-order valence-corrected chi connectivity index (χ4v) is 4.87. The van der Waals surface area contributed by atoms with E-state index < -0.39 is 29.7 Å². The first-order chi connectivity index (χ1) is 17.0. The number of rotatable bonds is 7. The summed E-state index contributed by atoms with van der Waals surface area (Å²) >= 11 is 0. The van der Waals surface area contributed by atoms with Crippen molar-refractivity contribution in [3.8, 4) is 5.75 Å². The van der Waals surface area contributed by atoms with Crippen LogP contribution >= 0.6 is 0 Å². The highest BCUT2D eigenvalue weighted by Crippen LogP contribution is 2.51. The summed E-state index contributed by atoms with van der Waals surface area (Å²) in [4.78, 5) is 25.8. The van der Waals surface area contributed by atoms with Crippen molar-refractivity contribution in [3.05, 3.63) is 95.6 Å². The molecule has 2 aliphatic rings. The van der Waals surface area contributed by atoms with Crippen molar-refractivity contribution >= 4 is 28.4 Å². The van der Waals surface area contributed by atoms with Crippen LogP contribution in [0, 0.1) is 0 Å². The van der Waals surface area contributed by atoms with Crippen LogP contribution in [0.25, 0.3) is 10.8 Å². The number of hydrogen-bond acceptors (Lipinski definition) is 7. The number of benzene rings is 3. The summed E-state index contributed by atoms with van der Waals surface area (Å²) in [5, 5.41) is 5.54. The summed E-state index contributed by atoms with van der Waals surface area (Å²) in [6.07, 6.45) is 2.90. The van der Waals surface area contributed by atoms with E-state index in [4.69, 9.17) is 18.9 Å². The van der Waals surface area contributed by atoms with Gasteiger partial charge in [0, 0.05) is 5.69 Å². The van der Waals surface area contributed by atoms with Crippen molar-refractivity contribution in [2.24, 2.45) is 0 Å². The molecule has 3 unspecified atom stereocenters. The zero-order chi connectivity index (χ0) is 24.6. The van der Waals surface area contributed by atoms with E-state index in [-0.39, 0.29) is 11.1 Å². The molecule has 2 aliphatic heterocycles. The molecule has 35 heavy (non-hydrogen) atoms. The minimum atomic E-state index is -1.28. The molecular weight excluding hydrogens is 446 g/mol.